The molecule has 2 aromatic rings. The Morgan fingerprint density at radius 2 is 1.84 bits per heavy atom. The van der Waals surface area contributed by atoms with Crippen LogP contribution in [0.1, 0.15) is 34.7 Å². The number of ether oxygens (including phenoxy) is 1. The van der Waals surface area contributed by atoms with Gasteiger partial charge >= 0.3 is 5.97 Å². The molecule has 0 fully saturated rings. The van der Waals surface area contributed by atoms with E-state index < -0.39 is 5.97 Å². The molecule has 0 saturated carbocycles. The molecule has 0 spiro atoms. The van der Waals surface area contributed by atoms with Crippen LogP contribution in [-0.4, -0.2) is 31.6 Å². The highest BCUT2D eigenvalue weighted by Crippen LogP contribution is 2.47. The van der Waals surface area contributed by atoms with Crippen LogP contribution in [-0.2, 0) is 30.5 Å². The number of aryl methyl sites for hydroxylation is 1. The number of benzene rings is 2. The number of carbonyl (C=O) groups is 1. The normalized spacial score (nSPS) is 12.5. The van der Waals surface area contributed by atoms with Gasteiger partial charge in [-0.2, -0.15) is 0 Å². The summed E-state index contributed by atoms with van der Waals surface area (Å²) in [6, 6.07) is 9.60. The highest BCUT2D eigenvalue weighted by Gasteiger charge is 2.23. The molecule has 4 atom stereocenters. The molecule has 0 aromatic heterocycles. The maximum Gasteiger partial charge on any atom is 0.360 e. The Kier molecular flexibility index (Phi) is 10.2. The van der Waals surface area contributed by atoms with Gasteiger partial charge in [-0.25, -0.2) is 4.79 Å². The van der Waals surface area contributed by atoms with E-state index in [0.29, 0.717) is 5.56 Å². The van der Waals surface area contributed by atoms with Gasteiger partial charge in [0.25, 0.3) is 0 Å². The van der Waals surface area contributed by atoms with E-state index >= 15 is 0 Å². The molecule has 0 radical (unpaired) electrons. The number of rotatable bonds is 8. The van der Waals surface area contributed by atoms with Crippen LogP contribution >= 0.6 is 52.9 Å². The number of carbonyl (C=O) groups excluding carboxylic acids is 1. The van der Waals surface area contributed by atoms with Gasteiger partial charge in [0, 0.05) is 25.8 Å². The van der Waals surface area contributed by atoms with Gasteiger partial charge in [-0.1, -0.05) is 44.4 Å². The minimum Gasteiger partial charge on any atom is -0.464 e. The summed E-state index contributed by atoms with van der Waals surface area (Å²) in [5, 5.41) is 9.23. The number of halogens is 1. The number of nitrogens with zero attached hydrogens (tertiary/aromatic N) is 2. The Hall–Kier alpha value is -0.950. The third-order valence-electron chi connectivity index (χ3n) is 4.60. The van der Waals surface area contributed by atoms with Crippen LogP contribution in [0.4, 0.5) is 0 Å². The van der Waals surface area contributed by atoms with Gasteiger partial charge in [0.15, 0.2) is 5.71 Å². The average Bonchev–Trinajstić information content (AvgIpc) is 2.71. The fraction of sp³-hybridized carbons (Fsp3) is 0.286. The molecular weight excluding hydrogens is 548 g/mol. The molecule has 0 N–H and O–H groups in total. The van der Waals surface area contributed by atoms with Crippen molar-refractivity contribution in [3.05, 3.63) is 62.6 Å². The van der Waals surface area contributed by atoms with E-state index in [2.05, 4.69) is 69.3 Å². The number of hydrogen-bond acceptors (Lipinski definition) is 6. The van der Waals surface area contributed by atoms with Crippen molar-refractivity contribution in [1.29, 1.82) is 0 Å². The van der Waals surface area contributed by atoms with Crippen molar-refractivity contribution in [3.63, 3.8) is 0 Å². The van der Waals surface area contributed by atoms with Crippen LogP contribution < -0.4 is 5.30 Å². The first-order valence-corrected chi connectivity index (χ1v) is 12.5. The van der Waals surface area contributed by atoms with Crippen LogP contribution in [0.25, 0.3) is 0 Å². The van der Waals surface area contributed by atoms with Crippen molar-refractivity contribution < 1.29 is 19.2 Å². The molecule has 0 aliphatic rings. The Labute approximate surface area is 206 Å². The van der Waals surface area contributed by atoms with Gasteiger partial charge in [0.2, 0.25) is 0 Å². The number of esters is 1. The van der Waals surface area contributed by atoms with Crippen LogP contribution in [0.5, 0.6) is 0 Å². The summed E-state index contributed by atoms with van der Waals surface area (Å²) in [5.41, 5.74) is 5.09. The Morgan fingerprint density at radius 3 is 2.44 bits per heavy atom. The maximum absolute atomic E-state index is 12.2. The molecule has 32 heavy (non-hydrogen) atoms. The summed E-state index contributed by atoms with van der Waals surface area (Å²) < 4.78 is 5.51. The molecule has 0 bridgehead atoms. The zero-order valence-corrected chi connectivity index (χ0v) is 24.5. The Morgan fingerprint density at radius 1 is 1.16 bits per heavy atom. The summed E-state index contributed by atoms with van der Waals surface area (Å²) in [4.78, 5) is 22.8. The van der Waals surface area contributed by atoms with E-state index in [1.165, 1.54) is 14.2 Å². The molecule has 2 rings (SSSR count). The van der Waals surface area contributed by atoms with Crippen molar-refractivity contribution in [2.45, 2.75) is 25.1 Å². The maximum atomic E-state index is 12.2. The fourth-order valence-electron chi connectivity index (χ4n) is 3.11. The fourth-order valence-corrected chi connectivity index (χ4v) is 5.06. The second kappa shape index (κ2) is 12.0. The quantitative estimate of drug-likeness (QED) is 0.202. The first-order valence-electron chi connectivity index (χ1n) is 9.42. The number of hydrogen-bond donors (Lipinski definition) is 0. The average molecular weight is 575 g/mol. The Bertz CT molecular complexity index is 1070. The van der Waals surface area contributed by atoms with Gasteiger partial charge < -0.3 is 14.4 Å². The van der Waals surface area contributed by atoms with Crippen molar-refractivity contribution in [3.8, 4) is 0 Å². The SMILES string of the molecule is CO/N=C(/C(=O)OC)c1cccc(C)c1CO/N=C(\C)c1c(P)cc(Br)cc1C(P)(P)P. The molecule has 0 saturated heterocycles. The molecule has 172 valence electrons. The standard InChI is InChI=1S/C21H27BrN2O4P4/c1-11-6-5-7-14(19(24-27-4)20(25)26-3)15(11)10-28-23-12(2)18-16(21(30,31)32)8-13(22)9-17(18)29/h5-9H,10,29-32H2,1-4H3/b23-12+,24-19+. The minimum atomic E-state index is -0.594. The summed E-state index contributed by atoms with van der Waals surface area (Å²) in [7, 11) is 13.8. The smallest absolute Gasteiger partial charge is 0.360 e. The molecular formula is C21H27BrN2O4P4. The van der Waals surface area contributed by atoms with Gasteiger partial charge in [-0.05, 0) is 42.4 Å². The van der Waals surface area contributed by atoms with Gasteiger partial charge in [0.1, 0.15) is 13.7 Å². The van der Waals surface area contributed by atoms with E-state index in [-0.39, 0.29) is 17.0 Å². The van der Waals surface area contributed by atoms with E-state index in [4.69, 9.17) is 14.4 Å². The second-order valence-electron chi connectivity index (χ2n) is 7.02. The lowest BCUT2D eigenvalue weighted by molar-refractivity contribution is -0.132. The molecule has 4 unspecified atom stereocenters. The molecule has 11 heteroatoms. The predicted molar refractivity (Wildman–Crippen MR) is 148 cm³/mol. The van der Waals surface area contributed by atoms with Crippen LogP contribution in [0.3, 0.4) is 0 Å². The van der Waals surface area contributed by atoms with E-state index in [9.17, 15) is 4.79 Å². The topological polar surface area (TPSA) is 69.5 Å². The van der Waals surface area contributed by atoms with Crippen LogP contribution in [0, 0.1) is 6.92 Å². The summed E-state index contributed by atoms with van der Waals surface area (Å²) in [6.07, 6.45) is 0. The molecule has 0 aliphatic carbocycles. The number of oxime groups is 2. The molecule has 0 amide bonds. The zero-order chi connectivity index (χ0) is 24.1. The Balaban J connectivity index is 2.41. The van der Waals surface area contributed by atoms with Gasteiger partial charge in [0.05, 0.1) is 12.8 Å². The molecule has 0 aliphatic heterocycles. The lowest BCUT2D eigenvalue weighted by atomic mass is 9.99. The van der Waals surface area contributed by atoms with Gasteiger partial charge in [-0.15, -0.1) is 37.0 Å². The molecule has 0 heterocycles. The van der Waals surface area contributed by atoms with Crippen molar-refractivity contribution in [2.24, 2.45) is 10.3 Å². The number of methoxy groups -OCH3 is 1. The lowest BCUT2D eigenvalue weighted by Crippen LogP contribution is -2.20. The summed E-state index contributed by atoms with van der Waals surface area (Å²) in [5.74, 6) is -0.594. The first-order chi connectivity index (χ1) is 15.0. The minimum absolute atomic E-state index is 0.0687. The van der Waals surface area contributed by atoms with Crippen molar-refractivity contribution in [2.75, 3.05) is 14.2 Å². The first kappa shape index (κ1) is 27.3. The van der Waals surface area contributed by atoms with Crippen molar-refractivity contribution in [1.82, 2.24) is 0 Å². The van der Waals surface area contributed by atoms with Crippen LogP contribution in [0.15, 0.2) is 45.1 Å². The summed E-state index contributed by atoms with van der Waals surface area (Å²) >= 11 is 3.56. The molecule has 2 aromatic carbocycles. The largest absolute Gasteiger partial charge is 0.464 e. The lowest BCUT2D eigenvalue weighted by Gasteiger charge is -2.24. The molecule has 6 nitrogen and oxygen atoms in total. The third kappa shape index (κ3) is 6.78. The third-order valence-corrected chi connectivity index (χ3v) is 6.45. The highest BCUT2D eigenvalue weighted by atomic mass is 79.9. The van der Waals surface area contributed by atoms with Crippen molar-refractivity contribution >= 4 is 75.6 Å². The van der Waals surface area contributed by atoms with Gasteiger partial charge in [-0.3, -0.25) is 0 Å². The summed E-state index contributed by atoms with van der Waals surface area (Å²) in [6.45, 7) is 3.97. The second-order valence-corrected chi connectivity index (χ2v) is 13.4. The van der Waals surface area contributed by atoms with E-state index in [0.717, 1.165) is 37.7 Å². The van der Waals surface area contributed by atoms with Crippen LogP contribution in [0.2, 0.25) is 0 Å². The van der Waals surface area contributed by atoms with E-state index in [1.54, 1.807) is 6.07 Å². The highest BCUT2D eigenvalue weighted by molar-refractivity contribution is 9.10. The van der Waals surface area contributed by atoms with E-state index in [1.807, 2.05) is 32.0 Å². The predicted octanol–water partition coefficient (Wildman–Crippen LogP) is 4.46. The zero-order valence-electron chi connectivity index (χ0n) is 18.3. The monoisotopic (exact) mass is 574 g/mol.